The molecule has 0 saturated carbocycles. The Hall–Kier alpha value is -1.35. The second kappa shape index (κ2) is 7.29. The molecular formula is C16H26N2O. The van der Waals surface area contributed by atoms with Crippen molar-refractivity contribution in [2.45, 2.75) is 40.5 Å². The highest BCUT2D eigenvalue weighted by atomic mass is 16.1. The summed E-state index contributed by atoms with van der Waals surface area (Å²) < 4.78 is 0. The van der Waals surface area contributed by atoms with Crippen molar-refractivity contribution in [2.75, 3.05) is 18.4 Å². The second-order valence-corrected chi connectivity index (χ2v) is 5.77. The third-order valence-electron chi connectivity index (χ3n) is 3.03. The largest absolute Gasteiger partial charge is 0.324 e. The molecule has 0 saturated heterocycles. The standard InChI is InChI=1S/C16H26N2O/c1-11(2)9-17-10-15(19)18-16-13(5)7-6-8-14(16)12(3)4/h6-8,11-12,17H,9-10H2,1-5H3,(H,18,19). The SMILES string of the molecule is Cc1cccc(C(C)C)c1NC(=O)CNCC(C)C. The number of hydrogen-bond acceptors (Lipinski definition) is 2. The molecule has 0 aliphatic rings. The van der Waals surface area contributed by atoms with Crippen LogP contribution in [0, 0.1) is 12.8 Å². The Morgan fingerprint density at radius 1 is 1.21 bits per heavy atom. The Balaban J connectivity index is 2.68. The number of hydrogen-bond donors (Lipinski definition) is 2. The fourth-order valence-electron chi connectivity index (χ4n) is 2.00. The van der Waals surface area contributed by atoms with E-state index < -0.39 is 0 Å². The van der Waals surface area contributed by atoms with Crippen molar-refractivity contribution < 1.29 is 4.79 Å². The summed E-state index contributed by atoms with van der Waals surface area (Å²) in [6, 6.07) is 6.15. The van der Waals surface area contributed by atoms with Crippen molar-refractivity contribution in [3.05, 3.63) is 29.3 Å². The number of nitrogens with one attached hydrogen (secondary N) is 2. The van der Waals surface area contributed by atoms with Gasteiger partial charge in [-0.1, -0.05) is 45.9 Å². The molecule has 3 nitrogen and oxygen atoms in total. The fourth-order valence-corrected chi connectivity index (χ4v) is 2.00. The summed E-state index contributed by atoms with van der Waals surface area (Å²) in [5.74, 6) is 0.980. The molecule has 3 heteroatoms. The average molecular weight is 262 g/mol. The zero-order valence-corrected chi connectivity index (χ0v) is 12.7. The molecule has 0 bridgehead atoms. The lowest BCUT2D eigenvalue weighted by molar-refractivity contribution is -0.115. The van der Waals surface area contributed by atoms with Crippen LogP contribution < -0.4 is 10.6 Å². The van der Waals surface area contributed by atoms with E-state index in [4.69, 9.17) is 0 Å². The van der Waals surface area contributed by atoms with Gasteiger partial charge < -0.3 is 10.6 Å². The van der Waals surface area contributed by atoms with Crippen LogP contribution in [0.3, 0.4) is 0 Å². The first-order chi connectivity index (χ1) is 8.91. The number of rotatable bonds is 6. The van der Waals surface area contributed by atoms with Crippen LogP contribution in [0.25, 0.3) is 0 Å². The number of carbonyl (C=O) groups excluding carboxylic acids is 1. The molecule has 0 aliphatic carbocycles. The minimum absolute atomic E-state index is 0.0249. The Morgan fingerprint density at radius 2 is 1.89 bits per heavy atom. The fraction of sp³-hybridized carbons (Fsp3) is 0.562. The molecule has 19 heavy (non-hydrogen) atoms. The predicted molar refractivity (Wildman–Crippen MR) is 81.6 cm³/mol. The molecule has 0 fully saturated rings. The first-order valence-electron chi connectivity index (χ1n) is 7.02. The second-order valence-electron chi connectivity index (χ2n) is 5.77. The summed E-state index contributed by atoms with van der Waals surface area (Å²) >= 11 is 0. The zero-order chi connectivity index (χ0) is 14.4. The van der Waals surface area contributed by atoms with Crippen LogP contribution in [-0.4, -0.2) is 19.0 Å². The Morgan fingerprint density at radius 3 is 2.47 bits per heavy atom. The van der Waals surface area contributed by atoms with E-state index in [9.17, 15) is 4.79 Å². The molecule has 0 radical (unpaired) electrons. The summed E-state index contributed by atoms with van der Waals surface area (Å²) in [5.41, 5.74) is 3.27. The Bertz CT molecular complexity index is 425. The van der Waals surface area contributed by atoms with E-state index in [1.807, 2.05) is 19.1 Å². The number of para-hydroxylation sites is 1. The Kier molecular flexibility index (Phi) is 6.03. The van der Waals surface area contributed by atoms with Crippen LogP contribution in [0.4, 0.5) is 5.69 Å². The lowest BCUT2D eigenvalue weighted by atomic mass is 9.98. The number of amides is 1. The third-order valence-corrected chi connectivity index (χ3v) is 3.03. The van der Waals surface area contributed by atoms with Crippen LogP contribution in [0.1, 0.15) is 44.7 Å². The van der Waals surface area contributed by atoms with Gasteiger partial charge in [0.25, 0.3) is 0 Å². The van der Waals surface area contributed by atoms with Gasteiger partial charge in [-0.25, -0.2) is 0 Å². The molecule has 0 atom stereocenters. The summed E-state index contributed by atoms with van der Waals surface area (Å²) in [6.07, 6.45) is 0. The normalized spacial score (nSPS) is 11.1. The first-order valence-corrected chi connectivity index (χ1v) is 7.02. The monoisotopic (exact) mass is 262 g/mol. The predicted octanol–water partition coefficient (Wildman–Crippen LogP) is 3.30. The van der Waals surface area contributed by atoms with Crippen molar-refractivity contribution in [3.8, 4) is 0 Å². The molecule has 1 aromatic rings. The molecule has 1 aromatic carbocycles. The number of carbonyl (C=O) groups is 1. The van der Waals surface area contributed by atoms with Crippen molar-refractivity contribution in [3.63, 3.8) is 0 Å². The molecule has 1 amide bonds. The molecule has 0 aromatic heterocycles. The average Bonchev–Trinajstić information content (AvgIpc) is 2.30. The van der Waals surface area contributed by atoms with Crippen molar-refractivity contribution in [2.24, 2.45) is 5.92 Å². The van der Waals surface area contributed by atoms with Crippen molar-refractivity contribution in [1.82, 2.24) is 5.32 Å². The van der Waals surface area contributed by atoms with Gasteiger partial charge in [-0.3, -0.25) is 4.79 Å². The van der Waals surface area contributed by atoms with E-state index in [-0.39, 0.29) is 5.91 Å². The van der Waals surface area contributed by atoms with Gasteiger partial charge in [0.05, 0.1) is 6.54 Å². The van der Waals surface area contributed by atoms with E-state index in [0.29, 0.717) is 18.4 Å². The lowest BCUT2D eigenvalue weighted by Gasteiger charge is -2.16. The zero-order valence-electron chi connectivity index (χ0n) is 12.7. The molecule has 106 valence electrons. The van der Waals surface area contributed by atoms with E-state index >= 15 is 0 Å². The molecule has 0 spiro atoms. The van der Waals surface area contributed by atoms with Gasteiger partial charge in [-0.05, 0) is 36.4 Å². The molecular weight excluding hydrogens is 236 g/mol. The molecule has 0 unspecified atom stereocenters. The van der Waals surface area contributed by atoms with Crippen LogP contribution in [-0.2, 0) is 4.79 Å². The van der Waals surface area contributed by atoms with Gasteiger partial charge >= 0.3 is 0 Å². The van der Waals surface area contributed by atoms with E-state index in [1.165, 1.54) is 5.56 Å². The highest BCUT2D eigenvalue weighted by Crippen LogP contribution is 2.27. The third kappa shape index (κ3) is 5.03. The summed E-state index contributed by atoms with van der Waals surface area (Å²) in [7, 11) is 0. The molecule has 0 aliphatic heterocycles. The molecule has 1 rings (SSSR count). The van der Waals surface area contributed by atoms with Gasteiger partial charge in [0.1, 0.15) is 0 Å². The topological polar surface area (TPSA) is 41.1 Å². The van der Waals surface area contributed by atoms with Crippen molar-refractivity contribution in [1.29, 1.82) is 0 Å². The van der Waals surface area contributed by atoms with Crippen LogP contribution in [0.2, 0.25) is 0 Å². The summed E-state index contributed by atoms with van der Waals surface area (Å²) in [4.78, 5) is 11.9. The number of anilines is 1. The Labute approximate surface area is 116 Å². The van der Waals surface area contributed by atoms with Gasteiger partial charge in [-0.15, -0.1) is 0 Å². The summed E-state index contributed by atoms with van der Waals surface area (Å²) in [6.45, 7) is 11.8. The quantitative estimate of drug-likeness (QED) is 0.826. The van der Waals surface area contributed by atoms with Gasteiger partial charge in [0.2, 0.25) is 5.91 Å². The highest BCUT2D eigenvalue weighted by Gasteiger charge is 2.11. The van der Waals surface area contributed by atoms with Crippen LogP contribution in [0.5, 0.6) is 0 Å². The maximum atomic E-state index is 11.9. The molecule has 0 heterocycles. The summed E-state index contributed by atoms with van der Waals surface area (Å²) in [5, 5.41) is 6.19. The minimum atomic E-state index is 0.0249. The maximum absolute atomic E-state index is 11.9. The highest BCUT2D eigenvalue weighted by molar-refractivity contribution is 5.93. The van der Waals surface area contributed by atoms with Gasteiger partial charge in [0.15, 0.2) is 0 Å². The number of benzene rings is 1. The minimum Gasteiger partial charge on any atom is -0.324 e. The van der Waals surface area contributed by atoms with Gasteiger partial charge in [0, 0.05) is 5.69 Å². The maximum Gasteiger partial charge on any atom is 0.238 e. The smallest absolute Gasteiger partial charge is 0.238 e. The first kappa shape index (κ1) is 15.7. The van der Waals surface area contributed by atoms with E-state index in [0.717, 1.165) is 17.8 Å². The van der Waals surface area contributed by atoms with Crippen LogP contribution in [0.15, 0.2) is 18.2 Å². The van der Waals surface area contributed by atoms with Crippen molar-refractivity contribution >= 4 is 11.6 Å². The van der Waals surface area contributed by atoms with Crippen LogP contribution >= 0.6 is 0 Å². The number of aryl methyl sites for hydroxylation is 1. The molecule has 2 N–H and O–H groups in total. The van der Waals surface area contributed by atoms with E-state index in [1.54, 1.807) is 0 Å². The lowest BCUT2D eigenvalue weighted by Crippen LogP contribution is -2.31. The van der Waals surface area contributed by atoms with Gasteiger partial charge in [-0.2, -0.15) is 0 Å². The van der Waals surface area contributed by atoms with E-state index in [2.05, 4.69) is 44.4 Å².